The van der Waals surface area contributed by atoms with Gasteiger partial charge in [0.2, 0.25) is 0 Å². The summed E-state index contributed by atoms with van der Waals surface area (Å²) in [5.41, 5.74) is 7.85. The fourth-order valence-corrected chi connectivity index (χ4v) is 3.97. The van der Waals surface area contributed by atoms with Crippen LogP contribution in [0.4, 0.5) is 15.0 Å². The van der Waals surface area contributed by atoms with Crippen LogP contribution in [0.15, 0.2) is 12.4 Å². The maximum atomic E-state index is 14.9. The number of aryl methyl sites for hydroxylation is 1. The monoisotopic (exact) mass is 434 g/mol. The zero-order valence-corrected chi connectivity index (χ0v) is 17.1. The summed E-state index contributed by atoms with van der Waals surface area (Å²) in [6.45, 7) is 3.97. The summed E-state index contributed by atoms with van der Waals surface area (Å²) in [5, 5.41) is 14.5. The summed E-state index contributed by atoms with van der Waals surface area (Å²) in [5.74, 6) is -0.0979. The largest absolute Gasteiger partial charge is 0.493 e. The number of ether oxygens (including phenoxy) is 1. The van der Waals surface area contributed by atoms with Crippen molar-refractivity contribution in [2.24, 2.45) is 0 Å². The summed E-state index contributed by atoms with van der Waals surface area (Å²) < 4.78 is 22.4. The summed E-state index contributed by atoms with van der Waals surface area (Å²) in [6.07, 6.45) is 0.709. The van der Waals surface area contributed by atoms with Crippen LogP contribution in [0.3, 0.4) is 0 Å². The first-order valence-electron chi connectivity index (χ1n) is 9.36. The van der Waals surface area contributed by atoms with Crippen LogP contribution in [0, 0.1) is 12.7 Å². The number of amides is 1. The van der Waals surface area contributed by atoms with Gasteiger partial charge in [-0.3, -0.25) is 0 Å². The molecule has 0 saturated carbocycles. The molecular weight excluding hydrogens is 415 g/mol. The highest BCUT2D eigenvalue weighted by Gasteiger charge is 2.28. The van der Waals surface area contributed by atoms with E-state index in [4.69, 9.17) is 22.1 Å². The van der Waals surface area contributed by atoms with Crippen molar-refractivity contribution in [3.63, 3.8) is 0 Å². The van der Waals surface area contributed by atoms with Gasteiger partial charge in [0.05, 0.1) is 40.9 Å². The quantitative estimate of drug-likeness (QED) is 0.634. The van der Waals surface area contributed by atoms with Gasteiger partial charge in [0.15, 0.2) is 11.5 Å². The molecule has 4 rings (SSSR count). The Bertz CT molecular complexity index is 1150. The standard InChI is InChI=1S/C19H20ClFN6O3/c1-9-14-17(22)23-8-24-18(14)27(25-9)10(2)11-6-13(20)15(21)12-7-26(19(28)29)4-3-5-30-16(11)12/h6,8,10H,3-5,7H2,1-2H3,(H,28,29)(H2,22,23,24). The molecule has 3 N–H and O–H groups in total. The molecule has 1 atom stereocenters. The number of carboxylic acid groups (broad SMARTS) is 1. The molecule has 30 heavy (non-hydrogen) atoms. The Morgan fingerprint density at radius 3 is 2.93 bits per heavy atom. The molecule has 9 nitrogen and oxygen atoms in total. The number of anilines is 1. The van der Waals surface area contributed by atoms with Crippen LogP contribution in [0.5, 0.6) is 5.75 Å². The van der Waals surface area contributed by atoms with Gasteiger partial charge in [-0.1, -0.05) is 11.6 Å². The summed E-state index contributed by atoms with van der Waals surface area (Å²) >= 11 is 6.18. The van der Waals surface area contributed by atoms with Crippen LogP contribution in [0.1, 0.15) is 36.2 Å². The van der Waals surface area contributed by atoms with Crippen molar-refractivity contribution in [1.82, 2.24) is 24.6 Å². The van der Waals surface area contributed by atoms with Crippen molar-refractivity contribution in [2.45, 2.75) is 32.9 Å². The molecule has 0 radical (unpaired) electrons. The van der Waals surface area contributed by atoms with Gasteiger partial charge in [0, 0.05) is 12.1 Å². The second-order valence-corrected chi connectivity index (χ2v) is 7.55. The summed E-state index contributed by atoms with van der Waals surface area (Å²) in [4.78, 5) is 21.0. The van der Waals surface area contributed by atoms with E-state index < -0.39 is 18.0 Å². The number of halogens is 2. The van der Waals surface area contributed by atoms with Crippen molar-refractivity contribution < 1.29 is 19.0 Å². The summed E-state index contributed by atoms with van der Waals surface area (Å²) in [7, 11) is 0. The molecule has 1 aromatic carbocycles. The van der Waals surface area contributed by atoms with Gasteiger partial charge in [0.1, 0.15) is 17.9 Å². The van der Waals surface area contributed by atoms with Crippen LogP contribution in [-0.2, 0) is 6.54 Å². The molecule has 1 amide bonds. The van der Waals surface area contributed by atoms with Crippen molar-refractivity contribution in [3.8, 4) is 5.75 Å². The molecule has 1 aliphatic rings. The topological polar surface area (TPSA) is 119 Å². The number of nitrogen functional groups attached to an aromatic ring is 1. The molecule has 158 valence electrons. The minimum Gasteiger partial charge on any atom is -0.493 e. The van der Waals surface area contributed by atoms with Gasteiger partial charge in [-0.2, -0.15) is 5.10 Å². The number of fused-ring (bicyclic) bond motifs is 2. The lowest BCUT2D eigenvalue weighted by Gasteiger charge is -2.27. The van der Waals surface area contributed by atoms with Gasteiger partial charge in [-0.15, -0.1) is 0 Å². The molecule has 1 aliphatic heterocycles. The van der Waals surface area contributed by atoms with Crippen molar-refractivity contribution in [1.29, 1.82) is 0 Å². The van der Waals surface area contributed by atoms with E-state index in [1.54, 1.807) is 11.6 Å². The highest BCUT2D eigenvalue weighted by atomic mass is 35.5. The smallest absolute Gasteiger partial charge is 0.407 e. The van der Waals surface area contributed by atoms with Gasteiger partial charge >= 0.3 is 6.09 Å². The first kappa shape index (κ1) is 20.1. The lowest BCUT2D eigenvalue weighted by Crippen LogP contribution is -2.33. The predicted molar refractivity (Wildman–Crippen MR) is 108 cm³/mol. The third-order valence-corrected chi connectivity index (χ3v) is 5.52. The second-order valence-electron chi connectivity index (χ2n) is 7.14. The number of nitrogens with two attached hydrogens (primary N) is 1. The number of hydrogen-bond acceptors (Lipinski definition) is 6. The minimum atomic E-state index is -1.13. The van der Waals surface area contributed by atoms with Crippen molar-refractivity contribution in [3.05, 3.63) is 40.1 Å². The maximum Gasteiger partial charge on any atom is 0.407 e. The lowest BCUT2D eigenvalue weighted by atomic mass is 10.0. The average Bonchev–Trinajstić information content (AvgIpc) is 3.02. The van der Waals surface area contributed by atoms with Gasteiger partial charge in [-0.25, -0.2) is 23.8 Å². The van der Waals surface area contributed by atoms with E-state index in [0.717, 1.165) is 4.90 Å². The SMILES string of the molecule is Cc1nn(C(C)c2cc(Cl)c(F)c3c2OCCCN(C(=O)O)C3)c2ncnc(N)c12. The maximum absolute atomic E-state index is 14.9. The lowest BCUT2D eigenvalue weighted by molar-refractivity contribution is 0.133. The van der Waals surface area contributed by atoms with E-state index in [-0.39, 0.29) is 36.0 Å². The molecule has 0 aliphatic carbocycles. The highest BCUT2D eigenvalue weighted by Crippen LogP contribution is 2.39. The predicted octanol–water partition coefficient (Wildman–Crippen LogP) is 3.38. The molecule has 2 aromatic heterocycles. The van der Waals surface area contributed by atoms with Crippen molar-refractivity contribution in [2.75, 3.05) is 18.9 Å². The van der Waals surface area contributed by atoms with Crippen LogP contribution < -0.4 is 10.5 Å². The first-order chi connectivity index (χ1) is 14.3. The molecule has 3 heterocycles. The Kier molecular flexibility index (Phi) is 5.10. The van der Waals surface area contributed by atoms with Gasteiger partial charge < -0.3 is 20.5 Å². The van der Waals surface area contributed by atoms with E-state index in [1.165, 1.54) is 12.4 Å². The molecule has 0 bridgehead atoms. The average molecular weight is 435 g/mol. The third kappa shape index (κ3) is 3.26. The Morgan fingerprint density at radius 2 is 2.20 bits per heavy atom. The van der Waals surface area contributed by atoms with Crippen LogP contribution in [0.25, 0.3) is 11.0 Å². The van der Waals surface area contributed by atoms with Gasteiger partial charge in [-0.05, 0) is 26.3 Å². The zero-order valence-electron chi connectivity index (χ0n) is 16.4. The second kappa shape index (κ2) is 7.60. The van der Waals surface area contributed by atoms with Gasteiger partial charge in [0.25, 0.3) is 0 Å². The number of rotatable bonds is 2. The fraction of sp³-hybridized carbons (Fsp3) is 0.368. The summed E-state index contributed by atoms with van der Waals surface area (Å²) in [6, 6.07) is 1.04. The van der Waals surface area contributed by atoms with Crippen LogP contribution >= 0.6 is 11.6 Å². The Labute approximate surface area is 176 Å². The zero-order chi connectivity index (χ0) is 21.6. The van der Waals surface area contributed by atoms with E-state index >= 15 is 0 Å². The number of nitrogens with zero attached hydrogens (tertiary/aromatic N) is 5. The van der Waals surface area contributed by atoms with E-state index in [9.17, 15) is 14.3 Å². The number of carbonyl (C=O) groups is 1. The van der Waals surface area contributed by atoms with Crippen LogP contribution in [0.2, 0.25) is 5.02 Å². The number of hydrogen-bond donors (Lipinski definition) is 2. The minimum absolute atomic E-state index is 0.105. The Morgan fingerprint density at radius 1 is 1.43 bits per heavy atom. The molecule has 0 fully saturated rings. The Balaban J connectivity index is 1.89. The highest BCUT2D eigenvalue weighted by molar-refractivity contribution is 6.31. The van der Waals surface area contributed by atoms with E-state index in [0.29, 0.717) is 34.5 Å². The molecule has 11 heteroatoms. The molecule has 0 saturated heterocycles. The number of benzene rings is 1. The van der Waals surface area contributed by atoms with E-state index in [1.807, 2.05) is 6.92 Å². The fourth-order valence-electron chi connectivity index (χ4n) is 3.74. The molecular formula is C19H20ClFN6O3. The Hall–Kier alpha value is -3.14. The normalized spacial score (nSPS) is 15.3. The first-order valence-corrected chi connectivity index (χ1v) is 9.74. The number of aromatic nitrogens is 4. The van der Waals surface area contributed by atoms with Crippen molar-refractivity contribution >= 4 is 34.5 Å². The molecule has 3 aromatic rings. The van der Waals surface area contributed by atoms with Crippen LogP contribution in [-0.4, -0.2) is 49.0 Å². The molecule has 1 unspecified atom stereocenters. The van der Waals surface area contributed by atoms with E-state index in [2.05, 4.69) is 15.1 Å². The third-order valence-electron chi connectivity index (χ3n) is 5.24. The molecule has 0 spiro atoms.